The van der Waals surface area contributed by atoms with E-state index in [-0.39, 0.29) is 0 Å². The van der Waals surface area contributed by atoms with Crippen molar-refractivity contribution < 1.29 is 28.6 Å². The topological polar surface area (TPSA) is 116 Å². The summed E-state index contributed by atoms with van der Waals surface area (Å²) < 4.78 is 27.0. The molecule has 0 radical (unpaired) electrons. The van der Waals surface area contributed by atoms with Gasteiger partial charge >= 0.3 is 11.9 Å². The molecule has 0 amide bonds. The lowest BCUT2D eigenvalue weighted by atomic mass is 10.1. The minimum Gasteiger partial charge on any atom is -0.478 e. The van der Waals surface area contributed by atoms with Crippen LogP contribution < -0.4 is 5.32 Å². The zero-order chi connectivity index (χ0) is 23.7. The van der Waals surface area contributed by atoms with Gasteiger partial charge in [-0.05, 0) is 45.0 Å². The second-order valence-corrected chi connectivity index (χ2v) is 7.20. The summed E-state index contributed by atoms with van der Waals surface area (Å²) in [5, 5.41) is 19.0. The Bertz CT molecular complexity index is 968. The van der Waals surface area contributed by atoms with Gasteiger partial charge in [0.15, 0.2) is 0 Å². The number of benzene rings is 1. The number of anilines is 1. The Morgan fingerprint density at radius 1 is 1.22 bits per heavy atom. The summed E-state index contributed by atoms with van der Waals surface area (Å²) in [6.07, 6.45) is 4.96. The second kappa shape index (κ2) is 11.8. The molecule has 0 spiro atoms. The van der Waals surface area contributed by atoms with E-state index in [4.69, 9.17) is 10.2 Å². The number of carboxylic acid groups (broad SMARTS) is 2. The summed E-state index contributed by atoms with van der Waals surface area (Å²) in [6.45, 7) is 7.13. The summed E-state index contributed by atoms with van der Waals surface area (Å²) in [7, 11) is 0. The number of aliphatic carboxylic acids is 2. The van der Waals surface area contributed by atoms with Crippen LogP contribution in [0.2, 0.25) is 0 Å². The van der Waals surface area contributed by atoms with Crippen molar-refractivity contribution in [2.45, 2.75) is 32.7 Å². The molecule has 8 nitrogen and oxygen atoms in total. The zero-order valence-electron chi connectivity index (χ0n) is 17.9. The Morgan fingerprint density at radius 3 is 2.47 bits per heavy atom. The average molecular weight is 448 g/mol. The third-order valence-electron chi connectivity index (χ3n) is 4.86. The van der Waals surface area contributed by atoms with Crippen LogP contribution in [0.1, 0.15) is 25.5 Å². The largest absolute Gasteiger partial charge is 0.478 e. The maximum atomic E-state index is 14.0. The van der Waals surface area contributed by atoms with Crippen LogP contribution in [0.4, 0.5) is 14.7 Å². The third-order valence-corrected chi connectivity index (χ3v) is 4.86. The van der Waals surface area contributed by atoms with E-state index < -0.39 is 23.6 Å². The molecule has 10 heteroatoms. The maximum absolute atomic E-state index is 14.0. The number of likely N-dealkylation sites (N-methyl/N-ethyl adjacent to an activating group) is 1. The predicted molar refractivity (Wildman–Crippen MR) is 115 cm³/mol. The summed E-state index contributed by atoms with van der Waals surface area (Å²) in [5.74, 6) is -3.15. The molecular formula is C22H26F2N4O4. The summed E-state index contributed by atoms with van der Waals surface area (Å²) >= 11 is 0. The standard InChI is InChI=1S/C18H22F2N4.C4H4O4/c1-3-24-8-4-5-14(11-24)23-18-21-10-16(12(2)22-18)15-7-6-13(19)9-17(15)20;5-3(6)1-2-4(7)8/h6-7,9-10,14H,3-5,8,11H2,1-2H3,(H,21,22,23);1-2H,(H,5,6)(H,7,8)/b;2-1+/t14-;/m1./s1. The molecule has 0 saturated carbocycles. The number of carbonyl (C=O) groups is 2. The van der Waals surface area contributed by atoms with E-state index in [1.807, 2.05) is 6.92 Å². The lowest BCUT2D eigenvalue weighted by Crippen LogP contribution is -2.42. The van der Waals surface area contributed by atoms with Crippen LogP contribution in [0, 0.1) is 18.6 Å². The van der Waals surface area contributed by atoms with Crippen LogP contribution in [0.5, 0.6) is 0 Å². The van der Waals surface area contributed by atoms with Gasteiger partial charge in [-0.2, -0.15) is 0 Å². The highest BCUT2D eigenvalue weighted by molar-refractivity contribution is 5.89. The molecule has 2 heterocycles. The first kappa shape index (κ1) is 24.9. The quantitative estimate of drug-likeness (QED) is 0.577. The van der Waals surface area contributed by atoms with Gasteiger partial charge in [-0.1, -0.05) is 6.92 Å². The average Bonchev–Trinajstić information content (AvgIpc) is 2.74. The van der Waals surface area contributed by atoms with Crippen molar-refractivity contribution in [3.63, 3.8) is 0 Å². The van der Waals surface area contributed by atoms with Crippen molar-refractivity contribution >= 4 is 17.9 Å². The Balaban J connectivity index is 0.000000390. The van der Waals surface area contributed by atoms with Crippen molar-refractivity contribution in [3.05, 3.63) is 53.9 Å². The summed E-state index contributed by atoms with van der Waals surface area (Å²) in [6, 6.07) is 3.86. The molecule has 0 unspecified atom stereocenters. The van der Waals surface area contributed by atoms with E-state index in [0.29, 0.717) is 41.0 Å². The number of aryl methyl sites for hydroxylation is 1. The van der Waals surface area contributed by atoms with E-state index in [0.717, 1.165) is 38.5 Å². The van der Waals surface area contributed by atoms with Gasteiger partial charge in [0, 0.05) is 48.1 Å². The van der Waals surface area contributed by atoms with Gasteiger partial charge in [0.05, 0.1) is 5.69 Å². The van der Waals surface area contributed by atoms with Crippen molar-refractivity contribution in [1.29, 1.82) is 0 Å². The number of halogens is 2. The van der Waals surface area contributed by atoms with Gasteiger partial charge in [-0.25, -0.2) is 28.3 Å². The fraction of sp³-hybridized carbons (Fsp3) is 0.364. The molecule has 3 N–H and O–H groups in total. The summed E-state index contributed by atoms with van der Waals surface area (Å²) in [5.41, 5.74) is 1.56. The fourth-order valence-corrected chi connectivity index (χ4v) is 3.29. The molecule has 1 aromatic heterocycles. The molecule has 1 aliphatic rings. The minimum absolute atomic E-state index is 0.315. The second-order valence-electron chi connectivity index (χ2n) is 7.20. The number of hydrogen-bond acceptors (Lipinski definition) is 6. The van der Waals surface area contributed by atoms with Crippen molar-refractivity contribution in [1.82, 2.24) is 14.9 Å². The smallest absolute Gasteiger partial charge is 0.328 e. The van der Waals surface area contributed by atoms with Crippen LogP contribution in [0.15, 0.2) is 36.5 Å². The van der Waals surface area contributed by atoms with Crippen LogP contribution in [-0.4, -0.2) is 62.7 Å². The van der Waals surface area contributed by atoms with E-state index >= 15 is 0 Å². The van der Waals surface area contributed by atoms with Crippen LogP contribution >= 0.6 is 0 Å². The number of piperidine rings is 1. The van der Waals surface area contributed by atoms with Crippen molar-refractivity contribution in [2.24, 2.45) is 0 Å². The summed E-state index contributed by atoms with van der Waals surface area (Å²) in [4.78, 5) is 30.3. The lowest BCUT2D eigenvalue weighted by molar-refractivity contribution is -0.134. The maximum Gasteiger partial charge on any atom is 0.328 e. The molecule has 3 rings (SSSR count). The number of aromatic nitrogens is 2. The SMILES string of the molecule is CCN1CCC[C@@H](Nc2ncc(-c3ccc(F)cc3F)c(C)n2)C1.O=C(O)/C=C/C(=O)O. The van der Waals surface area contributed by atoms with Crippen molar-refractivity contribution in [3.8, 4) is 11.1 Å². The highest BCUT2D eigenvalue weighted by Gasteiger charge is 2.19. The molecule has 0 bridgehead atoms. The normalized spacial score (nSPS) is 16.3. The van der Waals surface area contributed by atoms with Crippen LogP contribution in [-0.2, 0) is 9.59 Å². The van der Waals surface area contributed by atoms with E-state index in [9.17, 15) is 18.4 Å². The molecule has 1 aliphatic heterocycles. The molecule has 172 valence electrons. The monoisotopic (exact) mass is 448 g/mol. The van der Waals surface area contributed by atoms with E-state index in [2.05, 4.69) is 27.1 Å². The first-order chi connectivity index (χ1) is 15.2. The van der Waals surface area contributed by atoms with Crippen molar-refractivity contribution in [2.75, 3.05) is 25.0 Å². The number of nitrogens with zero attached hydrogens (tertiary/aromatic N) is 3. The molecule has 1 atom stereocenters. The highest BCUT2D eigenvalue weighted by atomic mass is 19.1. The molecule has 1 saturated heterocycles. The Kier molecular flexibility index (Phi) is 9.21. The van der Waals surface area contributed by atoms with E-state index in [1.54, 1.807) is 6.20 Å². The Hall–Kier alpha value is -3.40. The number of hydrogen-bond donors (Lipinski definition) is 3. The number of rotatable bonds is 6. The van der Waals surface area contributed by atoms with Crippen LogP contribution in [0.25, 0.3) is 11.1 Å². The highest BCUT2D eigenvalue weighted by Crippen LogP contribution is 2.26. The number of likely N-dealkylation sites (tertiary alicyclic amines) is 1. The van der Waals surface area contributed by atoms with Gasteiger partial charge in [-0.3, -0.25) is 0 Å². The predicted octanol–water partition coefficient (Wildman–Crippen LogP) is 3.34. The Morgan fingerprint density at radius 2 is 1.91 bits per heavy atom. The van der Waals surface area contributed by atoms with Gasteiger partial charge in [0.2, 0.25) is 5.95 Å². The van der Waals surface area contributed by atoms with Gasteiger partial charge in [-0.15, -0.1) is 0 Å². The number of nitrogens with one attached hydrogen (secondary N) is 1. The van der Waals surface area contributed by atoms with Gasteiger partial charge < -0.3 is 20.4 Å². The zero-order valence-corrected chi connectivity index (χ0v) is 17.9. The molecular weight excluding hydrogens is 422 g/mol. The minimum atomic E-state index is -1.26. The van der Waals surface area contributed by atoms with Gasteiger partial charge in [0.1, 0.15) is 11.6 Å². The number of carboxylic acids is 2. The molecule has 1 aromatic carbocycles. The first-order valence-electron chi connectivity index (χ1n) is 10.1. The van der Waals surface area contributed by atoms with E-state index in [1.165, 1.54) is 12.1 Å². The molecule has 32 heavy (non-hydrogen) atoms. The lowest BCUT2D eigenvalue weighted by Gasteiger charge is -2.32. The first-order valence-corrected chi connectivity index (χ1v) is 10.1. The van der Waals surface area contributed by atoms with Gasteiger partial charge in [0.25, 0.3) is 0 Å². The third kappa shape index (κ3) is 7.69. The Labute approximate surface area is 184 Å². The fourth-order valence-electron chi connectivity index (χ4n) is 3.29. The molecule has 2 aromatic rings. The van der Waals surface area contributed by atoms with Crippen LogP contribution in [0.3, 0.4) is 0 Å². The molecule has 1 fully saturated rings. The molecule has 0 aliphatic carbocycles.